The molecular weight excluding hydrogens is 260 g/mol. The first-order valence-corrected chi connectivity index (χ1v) is 6.53. The van der Waals surface area contributed by atoms with Crippen LogP contribution >= 0.6 is 0 Å². The first kappa shape index (κ1) is 16.2. The first-order valence-electron chi connectivity index (χ1n) is 6.53. The van der Waals surface area contributed by atoms with Gasteiger partial charge in [0.05, 0.1) is 0 Å². The lowest BCUT2D eigenvalue weighted by atomic mass is 9.90. The summed E-state index contributed by atoms with van der Waals surface area (Å²) in [4.78, 5) is 4.22. The summed E-state index contributed by atoms with van der Waals surface area (Å²) in [6, 6.07) is 13.4. The zero-order chi connectivity index (χ0) is 15.8. The molecule has 1 rings (SSSR count). The van der Waals surface area contributed by atoms with Crippen LogP contribution in [0.1, 0.15) is 19.4 Å². The number of nitrogens with zero attached hydrogens (tertiary/aromatic N) is 3. The Morgan fingerprint density at radius 2 is 1.67 bits per heavy atom. The van der Waals surface area contributed by atoms with E-state index >= 15 is 0 Å². The minimum atomic E-state index is 0.0776. The lowest BCUT2D eigenvalue weighted by molar-refractivity contribution is 0.982. The Balaban J connectivity index is 3.80. The fourth-order valence-electron chi connectivity index (χ4n) is 2.03. The Kier molecular flexibility index (Phi) is 5.92. The molecular formula is C17H18N4. The standard InChI is InChI=1S/C17H18N4/c1-12(20-3)16(13(2)21-4)17(15(10-18)11-19)14-8-6-5-7-9-14/h5-9,20H,1-4H3/b16-12+,21-13?. The molecule has 0 saturated carbocycles. The van der Waals surface area contributed by atoms with Crippen LogP contribution in [0.2, 0.25) is 0 Å². The number of hydrogen-bond acceptors (Lipinski definition) is 4. The number of benzene rings is 1. The van der Waals surface area contributed by atoms with Crippen molar-refractivity contribution >= 4 is 11.3 Å². The molecule has 0 radical (unpaired) electrons. The van der Waals surface area contributed by atoms with Gasteiger partial charge in [0.2, 0.25) is 0 Å². The molecule has 1 N–H and O–H groups in total. The molecule has 106 valence electrons. The van der Waals surface area contributed by atoms with Crippen LogP contribution in [0.4, 0.5) is 0 Å². The smallest absolute Gasteiger partial charge is 0.138 e. The predicted octanol–water partition coefficient (Wildman–Crippen LogP) is 3.07. The Morgan fingerprint density at radius 3 is 2.10 bits per heavy atom. The van der Waals surface area contributed by atoms with Crippen LogP contribution in [0, 0.1) is 22.7 Å². The maximum Gasteiger partial charge on any atom is 0.138 e. The van der Waals surface area contributed by atoms with E-state index in [0.29, 0.717) is 5.57 Å². The zero-order valence-electron chi connectivity index (χ0n) is 12.7. The second kappa shape index (κ2) is 7.67. The fraction of sp³-hybridized carbons (Fsp3) is 0.235. The fourth-order valence-corrected chi connectivity index (χ4v) is 2.03. The number of allylic oxidation sites excluding steroid dienone is 4. The van der Waals surface area contributed by atoms with Gasteiger partial charge in [0.25, 0.3) is 0 Å². The minimum Gasteiger partial charge on any atom is -0.391 e. The molecule has 1 aromatic carbocycles. The van der Waals surface area contributed by atoms with Gasteiger partial charge in [-0.05, 0) is 19.4 Å². The van der Waals surface area contributed by atoms with Crippen molar-refractivity contribution in [1.82, 2.24) is 5.32 Å². The average molecular weight is 278 g/mol. The van der Waals surface area contributed by atoms with Crippen LogP contribution in [0.3, 0.4) is 0 Å². The highest BCUT2D eigenvalue weighted by Crippen LogP contribution is 2.29. The molecule has 0 amide bonds. The molecule has 0 spiro atoms. The van der Waals surface area contributed by atoms with Crippen LogP contribution in [-0.2, 0) is 0 Å². The summed E-state index contributed by atoms with van der Waals surface area (Å²) in [6.07, 6.45) is 0. The van der Waals surface area contributed by atoms with Crippen molar-refractivity contribution in [3.8, 4) is 12.1 Å². The van der Waals surface area contributed by atoms with Crippen molar-refractivity contribution in [2.24, 2.45) is 4.99 Å². The topological polar surface area (TPSA) is 72.0 Å². The van der Waals surface area contributed by atoms with Gasteiger partial charge < -0.3 is 5.32 Å². The zero-order valence-corrected chi connectivity index (χ0v) is 12.7. The molecule has 0 aliphatic rings. The van der Waals surface area contributed by atoms with Crippen LogP contribution in [0.25, 0.3) is 5.57 Å². The van der Waals surface area contributed by atoms with Gasteiger partial charge in [0.15, 0.2) is 0 Å². The van der Waals surface area contributed by atoms with Gasteiger partial charge in [-0.15, -0.1) is 0 Å². The van der Waals surface area contributed by atoms with Gasteiger partial charge in [0.1, 0.15) is 17.7 Å². The third-order valence-electron chi connectivity index (χ3n) is 3.23. The summed E-state index contributed by atoms with van der Waals surface area (Å²) in [6.45, 7) is 3.77. The summed E-state index contributed by atoms with van der Waals surface area (Å²) in [5.74, 6) is 0. The van der Waals surface area contributed by atoms with E-state index in [-0.39, 0.29) is 5.57 Å². The Morgan fingerprint density at radius 1 is 1.10 bits per heavy atom. The van der Waals surface area contributed by atoms with Crippen LogP contribution in [0.5, 0.6) is 0 Å². The number of rotatable bonds is 4. The molecule has 1 aromatic rings. The van der Waals surface area contributed by atoms with Gasteiger partial charge in [-0.1, -0.05) is 30.3 Å². The monoisotopic (exact) mass is 278 g/mol. The Bertz CT molecular complexity index is 664. The average Bonchev–Trinajstić information content (AvgIpc) is 2.54. The van der Waals surface area contributed by atoms with Gasteiger partial charge in [-0.3, -0.25) is 4.99 Å². The molecule has 0 aliphatic carbocycles. The van der Waals surface area contributed by atoms with Gasteiger partial charge in [-0.25, -0.2) is 0 Å². The highest BCUT2D eigenvalue weighted by molar-refractivity contribution is 6.14. The van der Waals surface area contributed by atoms with E-state index < -0.39 is 0 Å². The molecule has 4 heteroatoms. The Labute approximate surface area is 125 Å². The normalized spacial score (nSPS) is 11.8. The summed E-state index contributed by atoms with van der Waals surface area (Å²) < 4.78 is 0. The van der Waals surface area contributed by atoms with Gasteiger partial charge in [0, 0.05) is 36.7 Å². The van der Waals surface area contributed by atoms with E-state index in [9.17, 15) is 10.5 Å². The molecule has 0 fully saturated rings. The molecule has 21 heavy (non-hydrogen) atoms. The molecule has 0 bridgehead atoms. The van der Waals surface area contributed by atoms with Crippen LogP contribution in [0.15, 0.2) is 52.2 Å². The summed E-state index contributed by atoms with van der Waals surface area (Å²) in [7, 11) is 3.50. The highest BCUT2D eigenvalue weighted by atomic mass is 14.8. The third-order valence-corrected chi connectivity index (χ3v) is 3.23. The SMILES string of the molecule is CN=C(C)/C(C(=C(C#N)C#N)c1ccccc1)=C(/C)NC. The number of aliphatic imine (C=N–C) groups is 1. The Hall–Kier alpha value is -2.85. The molecule has 0 saturated heterocycles. The van der Waals surface area contributed by atoms with Crippen molar-refractivity contribution in [1.29, 1.82) is 10.5 Å². The number of hydrogen-bond donors (Lipinski definition) is 1. The summed E-state index contributed by atoms with van der Waals surface area (Å²) in [5, 5.41) is 21.7. The number of nitriles is 2. The predicted molar refractivity (Wildman–Crippen MR) is 85.4 cm³/mol. The highest BCUT2D eigenvalue weighted by Gasteiger charge is 2.18. The second-order valence-corrected chi connectivity index (χ2v) is 4.40. The first-order chi connectivity index (χ1) is 10.1. The van der Waals surface area contributed by atoms with E-state index in [1.165, 1.54) is 0 Å². The summed E-state index contributed by atoms with van der Waals surface area (Å²) >= 11 is 0. The van der Waals surface area contributed by atoms with E-state index in [1.54, 1.807) is 14.1 Å². The summed E-state index contributed by atoms with van der Waals surface area (Å²) in [5.41, 5.74) is 3.92. The molecule has 4 nitrogen and oxygen atoms in total. The van der Waals surface area contributed by atoms with Crippen molar-refractivity contribution in [3.63, 3.8) is 0 Å². The van der Waals surface area contributed by atoms with Crippen molar-refractivity contribution in [2.75, 3.05) is 14.1 Å². The molecule has 0 heterocycles. The van der Waals surface area contributed by atoms with Crippen molar-refractivity contribution in [3.05, 3.63) is 52.7 Å². The minimum absolute atomic E-state index is 0.0776. The molecule has 0 aliphatic heterocycles. The van der Waals surface area contributed by atoms with E-state index in [1.807, 2.05) is 56.3 Å². The van der Waals surface area contributed by atoms with E-state index in [2.05, 4.69) is 10.3 Å². The van der Waals surface area contributed by atoms with E-state index in [0.717, 1.165) is 22.5 Å². The van der Waals surface area contributed by atoms with Crippen LogP contribution in [-0.4, -0.2) is 19.8 Å². The third kappa shape index (κ3) is 3.58. The maximum absolute atomic E-state index is 9.30. The van der Waals surface area contributed by atoms with Crippen molar-refractivity contribution in [2.45, 2.75) is 13.8 Å². The van der Waals surface area contributed by atoms with Crippen LogP contribution < -0.4 is 5.32 Å². The van der Waals surface area contributed by atoms with Crippen molar-refractivity contribution < 1.29 is 0 Å². The molecule has 0 atom stereocenters. The van der Waals surface area contributed by atoms with E-state index in [4.69, 9.17) is 0 Å². The lowest BCUT2D eigenvalue weighted by Gasteiger charge is -2.16. The van der Waals surface area contributed by atoms with Gasteiger partial charge >= 0.3 is 0 Å². The maximum atomic E-state index is 9.30. The molecule has 0 unspecified atom stereocenters. The lowest BCUT2D eigenvalue weighted by Crippen LogP contribution is -2.13. The number of nitrogens with one attached hydrogen (secondary N) is 1. The largest absolute Gasteiger partial charge is 0.391 e. The quantitative estimate of drug-likeness (QED) is 0.522. The second-order valence-electron chi connectivity index (χ2n) is 4.40. The van der Waals surface area contributed by atoms with Gasteiger partial charge in [-0.2, -0.15) is 10.5 Å². The molecule has 0 aromatic heterocycles.